The molecular formula is C26H41N3O3. The first-order valence-corrected chi connectivity index (χ1v) is 12.6. The molecule has 4 aliphatic rings. The average molecular weight is 444 g/mol. The minimum absolute atomic E-state index is 0.330. The van der Waals surface area contributed by atoms with Crippen LogP contribution in [-0.2, 0) is 11.3 Å². The summed E-state index contributed by atoms with van der Waals surface area (Å²) in [5.41, 5.74) is 1.12. The number of fused-ring (bicyclic) bond motifs is 1. The molecule has 32 heavy (non-hydrogen) atoms. The number of piperidine rings is 1. The van der Waals surface area contributed by atoms with Crippen LogP contribution in [-0.4, -0.2) is 68.2 Å². The van der Waals surface area contributed by atoms with Gasteiger partial charge in [0.25, 0.3) is 0 Å². The highest BCUT2D eigenvalue weighted by atomic mass is 16.5. The van der Waals surface area contributed by atoms with Crippen molar-refractivity contribution in [1.29, 1.82) is 0 Å². The molecule has 2 aliphatic heterocycles. The van der Waals surface area contributed by atoms with E-state index in [2.05, 4.69) is 21.2 Å². The zero-order valence-corrected chi connectivity index (χ0v) is 20.0. The van der Waals surface area contributed by atoms with E-state index >= 15 is 0 Å². The largest absolute Gasteiger partial charge is 0.497 e. The summed E-state index contributed by atoms with van der Waals surface area (Å²) in [4.78, 5) is 17.9. The Labute approximate surface area is 193 Å². The molecule has 2 atom stereocenters. The van der Waals surface area contributed by atoms with Crippen molar-refractivity contribution in [2.45, 2.75) is 76.4 Å². The normalized spacial score (nSPS) is 24.7. The van der Waals surface area contributed by atoms with Crippen LogP contribution >= 0.6 is 0 Å². The van der Waals surface area contributed by atoms with Crippen molar-refractivity contribution < 1.29 is 14.3 Å². The average Bonchev–Trinajstić information content (AvgIpc) is 3.62. The highest BCUT2D eigenvalue weighted by Gasteiger charge is 2.38. The minimum atomic E-state index is 0.330. The monoisotopic (exact) mass is 443 g/mol. The number of amides is 1. The topological polar surface area (TPSA) is 54.0 Å². The molecule has 0 spiro atoms. The standard InChI is InChI=1S/C23H34N2O3.C3H7N/c1-27-20-12-9-18(22(14-20)28-2)15-24(19-10-11-19)16-23(26)25-13-5-7-17-6-3-4-8-21(17)25;1-2-4-3-1/h9,12,14,17,19,21H,3-8,10-11,13,15-16H2,1-2H3;4H,1-3H2. The smallest absolute Gasteiger partial charge is 0.237 e. The Kier molecular flexibility index (Phi) is 8.31. The molecule has 0 radical (unpaired) electrons. The molecule has 2 unspecified atom stereocenters. The first-order chi connectivity index (χ1) is 15.7. The van der Waals surface area contributed by atoms with Crippen molar-refractivity contribution in [3.8, 4) is 11.5 Å². The summed E-state index contributed by atoms with van der Waals surface area (Å²) in [7, 11) is 3.36. The number of carbonyl (C=O) groups is 1. The summed E-state index contributed by atoms with van der Waals surface area (Å²) < 4.78 is 10.9. The van der Waals surface area contributed by atoms with Gasteiger partial charge in [-0.3, -0.25) is 9.69 Å². The van der Waals surface area contributed by atoms with E-state index in [1.807, 2.05) is 12.1 Å². The van der Waals surface area contributed by atoms with Crippen molar-refractivity contribution in [2.24, 2.45) is 5.92 Å². The van der Waals surface area contributed by atoms with Gasteiger partial charge in [0.1, 0.15) is 11.5 Å². The Bertz CT molecular complexity index is 742. The predicted octanol–water partition coefficient (Wildman–Crippen LogP) is 3.83. The third kappa shape index (κ3) is 5.96. The lowest BCUT2D eigenvalue weighted by Crippen LogP contribution is -2.52. The quantitative estimate of drug-likeness (QED) is 0.694. The molecule has 2 heterocycles. The minimum Gasteiger partial charge on any atom is -0.497 e. The molecule has 178 valence electrons. The van der Waals surface area contributed by atoms with Crippen molar-refractivity contribution in [3.63, 3.8) is 0 Å². The van der Waals surface area contributed by atoms with Gasteiger partial charge in [0.2, 0.25) is 5.91 Å². The number of nitrogens with zero attached hydrogens (tertiary/aromatic N) is 2. The number of likely N-dealkylation sites (tertiary alicyclic amines) is 1. The highest BCUT2D eigenvalue weighted by Crippen LogP contribution is 2.36. The lowest BCUT2D eigenvalue weighted by atomic mass is 9.78. The first-order valence-electron chi connectivity index (χ1n) is 12.6. The molecule has 2 saturated heterocycles. The molecule has 0 aromatic heterocycles. The van der Waals surface area contributed by atoms with E-state index in [0.717, 1.165) is 36.1 Å². The van der Waals surface area contributed by atoms with E-state index in [1.165, 1.54) is 70.9 Å². The summed E-state index contributed by atoms with van der Waals surface area (Å²) in [6.45, 7) is 4.74. The van der Waals surface area contributed by atoms with Gasteiger partial charge in [-0.05, 0) is 70.0 Å². The summed E-state index contributed by atoms with van der Waals surface area (Å²) in [5.74, 6) is 2.70. The lowest BCUT2D eigenvalue weighted by Gasteiger charge is -2.44. The molecular weight excluding hydrogens is 402 g/mol. The van der Waals surface area contributed by atoms with Crippen LogP contribution in [0.5, 0.6) is 11.5 Å². The van der Waals surface area contributed by atoms with Crippen LogP contribution in [0.15, 0.2) is 18.2 Å². The second-order valence-corrected chi connectivity index (χ2v) is 9.76. The molecule has 1 N–H and O–H groups in total. The zero-order valence-electron chi connectivity index (χ0n) is 20.0. The van der Waals surface area contributed by atoms with E-state index in [-0.39, 0.29) is 0 Å². The highest BCUT2D eigenvalue weighted by molar-refractivity contribution is 5.79. The van der Waals surface area contributed by atoms with Crippen LogP contribution in [0.4, 0.5) is 0 Å². The van der Waals surface area contributed by atoms with Crippen LogP contribution in [0.25, 0.3) is 0 Å². The number of methoxy groups -OCH3 is 2. The Morgan fingerprint density at radius 3 is 2.41 bits per heavy atom. The van der Waals surface area contributed by atoms with Crippen LogP contribution in [0.2, 0.25) is 0 Å². The molecule has 0 bridgehead atoms. The van der Waals surface area contributed by atoms with E-state index < -0.39 is 0 Å². The SMILES string of the molecule is C1CNC1.COc1ccc(CN(CC(=O)N2CCCC3CCCCC32)C2CC2)c(OC)c1. The van der Waals surface area contributed by atoms with Gasteiger partial charge >= 0.3 is 0 Å². The fourth-order valence-corrected chi connectivity index (χ4v) is 5.33. The predicted molar refractivity (Wildman–Crippen MR) is 127 cm³/mol. The van der Waals surface area contributed by atoms with E-state index in [1.54, 1.807) is 14.2 Å². The lowest BCUT2D eigenvalue weighted by molar-refractivity contribution is -0.139. The molecule has 6 nitrogen and oxygen atoms in total. The van der Waals surface area contributed by atoms with Crippen LogP contribution < -0.4 is 14.8 Å². The number of nitrogens with one attached hydrogen (secondary N) is 1. The third-order valence-corrected chi connectivity index (χ3v) is 7.54. The Morgan fingerprint density at radius 2 is 1.75 bits per heavy atom. The second kappa shape index (κ2) is 11.4. The van der Waals surface area contributed by atoms with Crippen molar-refractivity contribution in [2.75, 3.05) is 40.4 Å². The Hall–Kier alpha value is -1.79. The van der Waals surface area contributed by atoms with Gasteiger partial charge in [0.05, 0.1) is 20.8 Å². The number of hydrogen-bond donors (Lipinski definition) is 1. The number of carbonyl (C=O) groups excluding carboxylic acids is 1. The van der Waals surface area contributed by atoms with Gasteiger partial charge in [-0.2, -0.15) is 0 Å². The van der Waals surface area contributed by atoms with Crippen LogP contribution in [0, 0.1) is 5.92 Å². The molecule has 1 aromatic carbocycles. The fourth-order valence-electron chi connectivity index (χ4n) is 5.33. The molecule has 1 aromatic rings. The number of benzene rings is 1. The second-order valence-electron chi connectivity index (χ2n) is 9.76. The first kappa shape index (κ1) is 23.4. The molecule has 5 rings (SSSR count). The van der Waals surface area contributed by atoms with E-state index in [0.29, 0.717) is 24.5 Å². The number of hydrogen-bond acceptors (Lipinski definition) is 5. The maximum absolute atomic E-state index is 13.3. The number of ether oxygens (including phenoxy) is 2. The summed E-state index contributed by atoms with van der Waals surface area (Å²) >= 11 is 0. The van der Waals surface area contributed by atoms with Crippen LogP contribution in [0.1, 0.15) is 63.4 Å². The molecule has 2 aliphatic carbocycles. The summed E-state index contributed by atoms with van der Waals surface area (Å²) in [6, 6.07) is 6.99. The Morgan fingerprint density at radius 1 is 1.03 bits per heavy atom. The molecule has 6 heteroatoms. The van der Waals surface area contributed by atoms with Gasteiger partial charge in [0.15, 0.2) is 0 Å². The maximum Gasteiger partial charge on any atom is 0.237 e. The molecule has 4 fully saturated rings. The van der Waals surface area contributed by atoms with Gasteiger partial charge in [-0.15, -0.1) is 0 Å². The number of rotatable bonds is 7. The Balaban J connectivity index is 0.000000552. The summed E-state index contributed by atoms with van der Waals surface area (Å²) in [5, 5.41) is 3.11. The van der Waals surface area contributed by atoms with Gasteiger partial charge < -0.3 is 19.7 Å². The molecule has 1 amide bonds. The van der Waals surface area contributed by atoms with Gasteiger partial charge in [-0.25, -0.2) is 0 Å². The summed E-state index contributed by atoms with van der Waals surface area (Å²) in [6.07, 6.45) is 11.4. The fraction of sp³-hybridized carbons (Fsp3) is 0.731. The van der Waals surface area contributed by atoms with Crippen LogP contribution in [0.3, 0.4) is 0 Å². The van der Waals surface area contributed by atoms with Gasteiger partial charge in [-0.1, -0.05) is 18.9 Å². The zero-order chi connectivity index (χ0) is 22.3. The van der Waals surface area contributed by atoms with Crippen molar-refractivity contribution in [3.05, 3.63) is 23.8 Å². The third-order valence-electron chi connectivity index (χ3n) is 7.54. The maximum atomic E-state index is 13.3. The van der Waals surface area contributed by atoms with Crippen molar-refractivity contribution >= 4 is 5.91 Å². The van der Waals surface area contributed by atoms with Crippen molar-refractivity contribution in [1.82, 2.24) is 15.1 Å². The molecule has 2 saturated carbocycles. The van der Waals surface area contributed by atoms with E-state index in [4.69, 9.17) is 9.47 Å². The van der Waals surface area contributed by atoms with E-state index in [9.17, 15) is 4.79 Å². The van der Waals surface area contributed by atoms with Gasteiger partial charge in [0, 0.05) is 36.8 Å².